The van der Waals surface area contributed by atoms with Crippen LogP contribution in [0, 0.1) is 0 Å². The number of nitrogen functional groups attached to an aromatic ring is 1. The van der Waals surface area contributed by atoms with Gasteiger partial charge in [0.25, 0.3) is 0 Å². The number of hydrogen-bond donors (Lipinski definition) is 1. The number of anilines is 1. The van der Waals surface area contributed by atoms with Crippen LogP contribution >= 0.6 is 31.9 Å². The molecule has 0 aromatic heterocycles. The summed E-state index contributed by atoms with van der Waals surface area (Å²) in [7, 11) is 0. The summed E-state index contributed by atoms with van der Waals surface area (Å²) in [6.07, 6.45) is 1.84. The summed E-state index contributed by atoms with van der Waals surface area (Å²) in [5.74, 6) is 0.00447. The van der Waals surface area contributed by atoms with E-state index < -0.39 is 0 Å². The third kappa shape index (κ3) is 1.47. The first kappa shape index (κ1) is 11.0. The van der Waals surface area contributed by atoms with Crippen molar-refractivity contribution in [1.29, 1.82) is 0 Å². The zero-order chi connectivity index (χ0) is 12.2. The second kappa shape index (κ2) is 3.68. The first-order valence-corrected chi connectivity index (χ1v) is 6.61. The molecule has 1 aliphatic rings. The van der Waals surface area contributed by atoms with Gasteiger partial charge in [-0.25, -0.2) is 0 Å². The van der Waals surface area contributed by atoms with Crippen molar-refractivity contribution in [1.82, 2.24) is 0 Å². The number of nitrogens with two attached hydrogens (primary N) is 1. The van der Waals surface area contributed by atoms with E-state index in [9.17, 15) is 4.79 Å². The zero-order valence-electron chi connectivity index (χ0n) is 8.63. The lowest BCUT2D eigenvalue weighted by Crippen LogP contribution is -2.06. The molecular formula is C13H7Br2NO. The van der Waals surface area contributed by atoms with E-state index in [0.717, 1.165) is 20.8 Å². The minimum atomic E-state index is 0.00447. The smallest absolute Gasteiger partial charge is 0.200 e. The van der Waals surface area contributed by atoms with E-state index >= 15 is 0 Å². The molecule has 0 amide bonds. The van der Waals surface area contributed by atoms with Crippen molar-refractivity contribution < 1.29 is 4.79 Å². The number of Topliss-reactive ketones (excluding diaryl/α,β-unsaturated/α-hetero) is 1. The number of carbonyl (C=O) groups excluding carboxylic acids is 1. The Morgan fingerprint density at radius 2 is 1.94 bits per heavy atom. The van der Waals surface area contributed by atoms with Gasteiger partial charge in [-0.3, -0.25) is 4.79 Å². The van der Waals surface area contributed by atoms with Crippen molar-refractivity contribution in [2.24, 2.45) is 0 Å². The van der Waals surface area contributed by atoms with E-state index in [1.165, 1.54) is 0 Å². The molecule has 0 saturated heterocycles. The molecule has 84 valence electrons. The molecule has 2 aromatic carbocycles. The van der Waals surface area contributed by atoms with Crippen molar-refractivity contribution in [3.05, 3.63) is 44.3 Å². The number of halogens is 2. The molecule has 0 heterocycles. The maximum atomic E-state index is 12.0. The van der Waals surface area contributed by atoms with Crippen molar-refractivity contribution in [3.8, 4) is 0 Å². The predicted octanol–water partition coefficient (Wildman–Crippen LogP) is 4.12. The Morgan fingerprint density at radius 3 is 2.71 bits per heavy atom. The van der Waals surface area contributed by atoms with E-state index in [4.69, 9.17) is 5.73 Å². The van der Waals surface area contributed by atoms with Gasteiger partial charge in [0.2, 0.25) is 5.78 Å². The van der Waals surface area contributed by atoms with Crippen molar-refractivity contribution in [3.63, 3.8) is 0 Å². The predicted molar refractivity (Wildman–Crippen MR) is 77.3 cm³/mol. The van der Waals surface area contributed by atoms with Crippen LogP contribution in [0.1, 0.15) is 15.9 Å². The van der Waals surface area contributed by atoms with Crippen LogP contribution in [0.5, 0.6) is 0 Å². The maximum absolute atomic E-state index is 12.0. The van der Waals surface area contributed by atoms with Gasteiger partial charge in [-0.1, -0.05) is 18.2 Å². The Morgan fingerprint density at radius 1 is 1.18 bits per heavy atom. The normalized spacial score (nSPS) is 14.0. The van der Waals surface area contributed by atoms with Crippen LogP contribution in [0.2, 0.25) is 0 Å². The molecule has 0 fully saturated rings. The van der Waals surface area contributed by atoms with Gasteiger partial charge < -0.3 is 5.73 Å². The number of hydrogen-bond acceptors (Lipinski definition) is 2. The van der Waals surface area contributed by atoms with E-state index in [1.807, 2.05) is 30.3 Å². The monoisotopic (exact) mass is 351 g/mol. The summed E-state index contributed by atoms with van der Waals surface area (Å²) in [6, 6.07) is 7.56. The van der Waals surface area contributed by atoms with E-state index in [-0.39, 0.29) is 5.78 Å². The Labute approximate surface area is 115 Å². The molecular weight excluding hydrogens is 346 g/mol. The second-order valence-corrected chi connectivity index (χ2v) is 5.62. The molecule has 0 saturated carbocycles. The average molecular weight is 353 g/mol. The summed E-state index contributed by atoms with van der Waals surface area (Å²) in [5, 5.41) is 1.85. The number of rotatable bonds is 0. The molecule has 0 aliphatic heterocycles. The lowest BCUT2D eigenvalue weighted by atomic mass is 9.91. The van der Waals surface area contributed by atoms with E-state index in [1.54, 1.807) is 0 Å². The van der Waals surface area contributed by atoms with Crippen LogP contribution in [0.3, 0.4) is 0 Å². The molecule has 3 rings (SSSR count). The van der Waals surface area contributed by atoms with Gasteiger partial charge in [-0.05, 0) is 49.6 Å². The van der Waals surface area contributed by atoms with Gasteiger partial charge in [-0.15, -0.1) is 0 Å². The first-order chi connectivity index (χ1) is 8.09. The van der Waals surface area contributed by atoms with Gasteiger partial charge in [-0.2, -0.15) is 0 Å². The number of benzene rings is 2. The second-order valence-electron chi connectivity index (χ2n) is 3.91. The molecule has 0 spiro atoms. The SMILES string of the molecule is Nc1c(Br)cc2c3c(cccc13)C(=O)C(Br)=C2. The van der Waals surface area contributed by atoms with Crippen LogP contribution in [-0.4, -0.2) is 5.78 Å². The molecule has 2 nitrogen and oxygen atoms in total. The Bertz CT molecular complexity index is 704. The maximum Gasteiger partial charge on any atom is 0.200 e. The van der Waals surface area contributed by atoms with Crippen molar-refractivity contribution in [2.75, 3.05) is 5.73 Å². The molecule has 1 aliphatic carbocycles. The van der Waals surface area contributed by atoms with Crippen LogP contribution < -0.4 is 5.73 Å². The number of ketones is 1. The molecule has 0 radical (unpaired) electrons. The molecule has 2 N–H and O–H groups in total. The highest BCUT2D eigenvalue weighted by atomic mass is 79.9. The highest BCUT2D eigenvalue weighted by Gasteiger charge is 2.21. The van der Waals surface area contributed by atoms with Crippen LogP contribution in [0.25, 0.3) is 16.8 Å². The summed E-state index contributed by atoms with van der Waals surface area (Å²) < 4.78 is 1.43. The highest BCUT2D eigenvalue weighted by molar-refractivity contribution is 9.12. The zero-order valence-corrected chi connectivity index (χ0v) is 11.8. The lowest BCUT2D eigenvalue weighted by Gasteiger charge is -2.16. The third-order valence-electron chi connectivity index (χ3n) is 2.93. The minimum Gasteiger partial charge on any atom is -0.397 e. The molecule has 0 unspecified atom stereocenters. The lowest BCUT2D eigenvalue weighted by molar-refractivity contribution is 0.104. The number of carbonyl (C=O) groups is 1. The van der Waals surface area contributed by atoms with Crippen molar-refractivity contribution in [2.45, 2.75) is 0 Å². The van der Waals surface area contributed by atoms with Crippen LogP contribution in [-0.2, 0) is 0 Å². The molecule has 0 bridgehead atoms. The van der Waals surface area contributed by atoms with Gasteiger partial charge >= 0.3 is 0 Å². The topological polar surface area (TPSA) is 43.1 Å². The minimum absolute atomic E-state index is 0.00447. The fourth-order valence-corrected chi connectivity index (χ4v) is 3.06. The Balaban J connectivity index is 2.58. The first-order valence-electron chi connectivity index (χ1n) is 5.02. The van der Waals surface area contributed by atoms with Gasteiger partial charge in [0.1, 0.15) is 0 Å². The summed E-state index contributed by atoms with van der Waals surface area (Å²) in [6.45, 7) is 0. The van der Waals surface area contributed by atoms with E-state index in [2.05, 4.69) is 31.9 Å². The summed E-state index contributed by atoms with van der Waals surface area (Å²) in [5.41, 5.74) is 8.40. The molecule has 17 heavy (non-hydrogen) atoms. The summed E-state index contributed by atoms with van der Waals surface area (Å²) in [4.78, 5) is 12.0. The molecule has 0 atom stereocenters. The van der Waals surface area contributed by atoms with Gasteiger partial charge in [0.15, 0.2) is 0 Å². The highest BCUT2D eigenvalue weighted by Crippen LogP contribution is 2.39. The fourth-order valence-electron chi connectivity index (χ4n) is 2.14. The molecule has 4 heteroatoms. The Hall–Kier alpha value is -1.13. The van der Waals surface area contributed by atoms with E-state index in [0.29, 0.717) is 15.7 Å². The molecule has 2 aromatic rings. The number of allylic oxidation sites excluding steroid dienone is 1. The third-order valence-corrected chi connectivity index (χ3v) is 4.17. The van der Waals surface area contributed by atoms with Crippen LogP contribution in [0.4, 0.5) is 5.69 Å². The largest absolute Gasteiger partial charge is 0.397 e. The van der Waals surface area contributed by atoms with Crippen LogP contribution in [0.15, 0.2) is 33.2 Å². The Kier molecular flexibility index (Phi) is 2.38. The quantitative estimate of drug-likeness (QED) is 0.725. The fraction of sp³-hybridized carbons (Fsp3) is 0. The standard InChI is InChI=1S/C13H7Br2NO/c14-9-4-6-5-10(15)13(17)8-3-1-2-7(11(6)8)12(9)16/h1-5H,16H2. The van der Waals surface area contributed by atoms with Crippen molar-refractivity contribution >= 4 is 60.2 Å². The average Bonchev–Trinajstić information content (AvgIpc) is 2.32. The van der Waals surface area contributed by atoms with Gasteiger partial charge in [0, 0.05) is 20.8 Å². The van der Waals surface area contributed by atoms with Gasteiger partial charge in [0.05, 0.1) is 10.2 Å². The summed E-state index contributed by atoms with van der Waals surface area (Å²) >= 11 is 6.73.